The highest BCUT2D eigenvalue weighted by Gasteiger charge is 1.99. The molecule has 60 valence electrons. The molecule has 0 radical (unpaired) electrons. The number of hydrogen-bond donors (Lipinski definition) is 2. The van der Waals surface area contributed by atoms with Crippen LogP contribution in [-0.4, -0.2) is 12.1 Å². The highest BCUT2D eigenvalue weighted by Crippen LogP contribution is 2.13. The third-order valence-corrected chi connectivity index (χ3v) is 1.39. The standard InChI is InChI=1S/C7H11N3O/c1-11-7-3-2-5(9)6(4-8)10-7/h2-3H,4,8-9H2,1H3. The highest BCUT2D eigenvalue weighted by molar-refractivity contribution is 5.44. The number of nitrogens with two attached hydrogens (primary N) is 2. The summed E-state index contributed by atoms with van der Waals surface area (Å²) in [5.41, 5.74) is 12.2. The van der Waals surface area contributed by atoms with Crippen LogP contribution in [0, 0.1) is 0 Å². The Morgan fingerprint density at radius 2 is 2.27 bits per heavy atom. The van der Waals surface area contributed by atoms with Crippen LogP contribution in [0.25, 0.3) is 0 Å². The average molecular weight is 153 g/mol. The summed E-state index contributed by atoms with van der Waals surface area (Å²) in [4.78, 5) is 4.04. The summed E-state index contributed by atoms with van der Waals surface area (Å²) in [6.07, 6.45) is 0. The lowest BCUT2D eigenvalue weighted by Gasteiger charge is -2.03. The summed E-state index contributed by atoms with van der Waals surface area (Å²) in [5, 5.41) is 0. The van der Waals surface area contributed by atoms with Crippen molar-refractivity contribution in [3.63, 3.8) is 0 Å². The van der Waals surface area contributed by atoms with Gasteiger partial charge in [0.15, 0.2) is 0 Å². The molecule has 1 rings (SSSR count). The van der Waals surface area contributed by atoms with Crippen LogP contribution in [0.1, 0.15) is 5.69 Å². The van der Waals surface area contributed by atoms with E-state index in [9.17, 15) is 0 Å². The molecule has 0 aliphatic rings. The number of aromatic nitrogens is 1. The zero-order valence-electron chi connectivity index (χ0n) is 6.37. The third kappa shape index (κ3) is 1.59. The minimum absolute atomic E-state index is 0.336. The van der Waals surface area contributed by atoms with Gasteiger partial charge in [-0.2, -0.15) is 0 Å². The molecule has 0 fully saturated rings. The van der Waals surface area contributed by atoms with Crippen molar-refractivity contribution in [2.45, 2.75) is 6.54 Å². The van der Waals surface area contributed by atoms with E-state index in [4.69, 9.17) is 16.2 Å². The van der Waals surface area contributed by atoms with Crippen LogP contribution < -0.4 is 16.2 Å². The van der Waals surface area contributed by atoms with Gasteiger partial charge in [0, 0.05) is 12.6 Å². The average Bonchev–Trinajstić information content (AvgIpc) is 2.05. The van der Waals surface area contributed by atoms with Gasteiger partial charge in [0.05, 0.1) is 18.5 Å². The van der Waals surface area contributed by atoms with Gasteiger partial charge in [-0.25, -0.2) is 4.98 Å². The first kappa shape index (κ1) is 7.81. The number of anilines is 1. The highest BCUT2D eigenvalue weighted by atomic mass is 16.5. The molecule has 1 aromatic heterocycles. The molecule has 0 atom stereocenters. The van der Waals surface area contributed by atoms with Crippen molar-refractivity contribution in [1.82, 2.24) is 4.98 Å². The van der Waals surface area contributed by atoms with Crippen LogP contribution in [0.2, 0.25) is 0 Å². The van der Waals surface area contributed by atoms with E-state index in [1.165, 1.54) is 0 Å². The molecule has 0 aromatic carbocycles. The number of ether oxygens (including phenoxy) is 1. The molecule has 1 heterocycles. The fourth-order valence-electron chi connectivity index (χ4n) is 0.769. The molecule has 0 saturated carbocycles. The summed E-state index contributed by atoms with van der Waals surface area (Å²) < 4.78 is 4.89. The van der Waals surface area contributed by atoms with Crippen molar-refractivity contribution in [3.05, 3.63) is 17.8 Å². The molecule has 4 N–H and O–H groups in total. The van der Waals surface area contributed by atoms with Crippen LogP contribution in [0.5, 0.6) is 5.88 Å². The van der Waals surface area contributed by atoms with E-state index in [1.807, 2.05) is 0 Å². The Balaban J connectivity index is 3.02. The molecule has 0 aliphatic carbocycles. The predicted octanol–water partition coefficient (Wildman–Crippen LogP) is 0.131. The van der Waals surface area contributed by atoms with Gasteiger partial charge >= 0.3 is 0 Å². The molecule has 0 saturated heterocycles. The second-order valence-electron chi connectivity index (χ2n) is 2.09. The van der Waals surface area contributed by atoms with Gasteiger partial charge in [0.2, 0.25) is 5.88 Å². The Bertz CT molecular complexity index is 249. The van der Waals surface area contributed by atoms with E-state index < -0.39 is 0 Å². The van der Waals surface area contributed by atoms with Crippen molar-refractivity contribution in [2.75, 3.05) is 12.8 Å². The number of rotatable bonds is 2. The first-order valence-electron chi connectivity index (χ1n) is 3.27. The number of hydrogen-bond acceptors (Lipinski definition) is 4. The molecular weight excluding hydrogens is 142 g/mol. The Kier molecular flexibility index (Phi) is 2.28. The fourth-order valence-corrected chi connectivity index (χ4v) is 0.769. The summed E-state index contributed by atoms with van der Waals surface area (Å²) in [7, 11) is 1.55. The van der Waals surface area contributed by atoms with Gasteiger partial charge in [-0.1, -0.05) is 0 Å². The summed E-state index contributed by atoms with van der Waals surface area (Å²) in [5.74, 6) is 0.541. The number of nitrogen functional groups attached to an aromatic ring is 1. The monoisotopic (exact) mass is 153 g/mol. The summed E-state index contributed by atoms with van der Waals surface area (Å²) >= 11 is 0. The molecule has 0 unspecified atom stereocenters. The minimum Gasteiger partial charge on any atom is -0.481 e. The molecule has 0 amide bonds. The molecule has 11 heavy (non-hydrogen) atoms. The minimum atomic E-state index is 0.336. The van der Waals surface area contributed by atoms with Crippen LogP contribution in [0.4, 0.5) is 5.69 Å². The van der Waals surface area contributed by atoms with E-state index in [-0.39, 0.29) is 0 Å². The molecule has 0 bridgehead atoms. The van der Waals surface area contributed by atoms with Gasteiger partial charge in [0.25, 0.3) is 0 Å². The van der Waals surface area contributed by atoms with Gasteiger partial charge in [-0.15, -0.1) is 0 Å². The SMILES string of the molecule is COc1ccc(N)c(CN)n1. The van der Waals surface area contributed by atoms with Gasteiger partial charge < -0.3 is 16.2 Å². The lowest BCUT2D eigenvalue weighted by Crippen LogP contribution is -2.05. The Labute approximate surface area is 65.2 Å². The lowest BCUT2D eigenvalue weighted by atomic mass is 10.3. The molecule has 0 aliphatic heterocycles. The van der Waals surface area contributed by atoms with Crippen LogP contribution in [0.15, 0.2) is 12.1 Å². The van der Waals surface area contributed by atoms with Crippen LogP contribution >= 0.6 is 0 Å². The fraction of sp³-hybridized carbons (Fsp3) is 0.286. The quantitative estimate of drug-likeness (QED) is 0.633. The van der Waals surface area contributed by atoms with Gasteiger partial charge in [-0.3, -0.25) is 0 Å². The van der Waals surface area contributed by atoms with Crippen molar-refractivity contribution < 1.29 is 4.74 Å². The third-order valence-electron chi connectivity index (χ3n) is 1.39. The van der Waals surface area contributed by atoms with Crippen molar-refractivity contribution in [1.29, 1.82) is 0 Å². The molecule has 1 aromatic rings. The molecule has 4 nitrogen and oxygen atoms in total. The second kappa shape index (κ2) is 3.21. The first-order valence-corrected chi connectivity index (χ1v) is 3.27. The molecular formula is C7H11N3O. The van der Waals surface area contributed by atoms with Crippen LogP contribution in [0.3, 0.4) is 0 Å². The van der Waals surface area contributed by atoms with Gasteiger partial charge in [0.1, 0.15) is 0 Å². The zero-order chi connectivity index (χ0) is 8.27. The van der Waals surface area contributed by atoms with E-state index in [1.54, 1.807) is 19.2 Å². The maximum atomic E-state index is 5.56. The topological polar surface area (TPSA) is 74.2 Å². The van der Waals surface area contributed by atoms with Crippen molar-refractivity contribution in [2.24, 2.45) is 5.73 Å². The van der Waals surface area contributed by atoms with Crippen LogP contribution in [-0.2, 0) is 6.54 Å². The largest absolute Gasteiger partial charge is 0.481 e. The first-order chi connectivity index (χ1) is 5.27. The molecule has 4 heteroatoms. The zero-order valence-corrected chi connectivity index (χ0v) is 6.37. The lowest BCUT2D eigenvalue weighted by molar-refractivity contribution is 0.396. The maximum absolute atomic E-state index is 5.56. The van der Waals surface area contributed by atoms with E-state index in [0.29, 0.717) is 23.8 Å². The Morgan fingerprint density at radius 1 is 1.55 bits per heavy atom. The second-order valence-corrected chi connectivity index (χ2v) is 2.09. The van der Waals surface area contributed by atoms with E-state index >= 15 is 0 Å². The Morgan fingerprint density at radius 3 is 2.82 bits per heavy atom. The number of pyridine rings is 1. The normalized spacial score (nSPS) is 9.64. The number of nitrogens with zero attached hydrogens (tertiary/aromatic N) is 1. The maximum Gasteiger partial charge on any atom is 0.213 e. The molecule has 0 spiro atoms. The van der Waals surface area contributed by atoms with Crippen molar-refractivity contribution in [3.8, 4) is 5.88 Å². The van der Waals surface area contributed by atoms with E-state index in [0.717, 1.165) is 0 Å². The van der Waals surface area contributed by atoms with E-state index in [2.05, 4.69) is 4.98 Å². The van der Waals surface area contributed by atoms with Gasteiger partial charge in [-0.05, 0) is 6.07 Å². The van der Waals surface area contributed by atoms with Crippen molar-refractivity contribution >= 4 is 5.69 Å². The number of methoxy groups -OCH3 is 1. The summed E-state index contributed by atoms with van der Waals surface area (Å²) in [6.45, 7) is 0.336. The summed E-state index contributed by atoms with van der Waals surface area (Å²) in [6, 6.07) is 3.43. The smallest absolute Gasteiger partial charge is 0.213 e. The Hall–Kier alpha value is -1.29. The predicted molar refractivity (Wildman–Crippen MR) is 43.1 cm³/mol.